The molecule has 2 unspecified atom stereocenters. The van der Waals surface area contributed by atoms with E-state index in [1.165, 1.54) is 0 Å². The van der Waals surface area contributed by atoms with Gasteiger partial charge in [-0.05, 0) is 99.7 Å². The first-order valence-corrected chi connectivity index (χ1v) is 28.0. The summed E-state index contributed by atoms with van der Waals surface area (Å²) in [7, 11) is 0. The molecule has 0 spiro atoms. The van der Waals surface area contributed by atoms with Crippen molar-refractivity contribution in [1.82, 2.24) is 0 Å². The van der Waals surface area contributed by atoms with Gasteiger partial charge in [0.2, 0.25) is 0 Å². The van der Waals surface area contributed by atoms with E-state index < -0.39 is 184 Å². The molecule has 0 aromatic carbocycles. The highest BCUT2D eigenvalue weighted by Crippen LogP contribution is 2.75. The van der Waals surface area contributed by atoms with E-state index in [-0.39, 0.29) is 40.9 Å². The first kappa shape index (κ1) is 62.8. The molecule has 78 heavy (non-hydrogen) atoms. The molecule has 4 heterocycles. The van der Waals surface area contributed by atoms with Crippen LogP contribution in [-0.2, 0) is 37.9 Å². The van der Waals surface area contributed by atoms with Crippen LogP contribution in [0.2, 0.25) is 0 Å². The average molecular weight is 1130 g/mol. The summed E-state index contributed by atoms with van der Waals surface area (Å²) in [6.07, 6.45) is -26.9. The van der Waals surface area contributed by atoms with Gasteiger partial charge in [-0.25, -0.2) is 0 Å². The van der Waals surface area contributed by atoms with Crippen LogP contribution in [0.1, 0.15) is 107 Å². The second kappa shape index (κ2) is 23.7. The summed E-state index contributed by atoms with van der Waals surface area (Å²) in [5.41, 5.74) is -2.12. The second-order valence-corrected chi connectivity index (χ2v) is 25.9. The molecule has 3 saturated carbocycles. The van der Waals surface area contributed by atoms with Crippen molar-refractivity contribution in [2.24, 2.45) is 45.3 Å². The molecule has 24 heteroatoms. The van der Waals surface area contributed by atoms with Crippen LogP contribution < -0.4 is 0 Å². The van der Waals surface area contributed by atoms with E-state index in [1.54, 1.807) is 13.8 Å². The minimum Gasteiger partial charge on any atom is -0.394 e. The lowest BCUT2D eigenvalue weighted by Crippen LogP contribution is -2.65. The third-order valence-corrected chi connectivity index (χ3v) is 20.8. The Balaban J connectivity index is 0.940. The van der Waals surface area contributed by atoms with Crippen molar-refractivity contribution in [3.05, 3.63) is 11.6 Å². The van der Waals surface area contributed by atoms with E-state index in [1.807, 2.05) is 0 Å². The van der Waals surface area contributed by atoms with E-state index >= 15 is 0 Å². The molecule has 4 aliphatic carbocycles. The Hall–Kier alpha value is -1.22. The minimum atomic E-state index is -1.85. The first-order chi connectivity index (χ1) is 36.4. The van der Waals surface area contributed by atoms with Gasteiger partial charge in [-0.15, -0.1) is 0 Å². The van der Waals surface area contributed by atoms with Crippen molar-refractivity contribution < 1.29 is 120 Å². The Bertz CT molecular complexity index is 2030. The lowest BCUT2D eigenvalue weighted by atomic mass is 9.38. The number of rotatable bonds is 17. The predicted molar refractivity (Wildman–Crippen MR) is 268 cm³/mol. The van der Waals surface area contributed by atoms with Crippen molar-refractivity contribution in [2.45, 2.75) is 253 Å². The van der Waals surface area contributed by atoms with Gasteiger partial charge in [0.1, 0.15) is 97.7 Å². The molecule has 0 radical (unpaired) electrons. The summed E-state index contributed by atoms with van der Waals surface area (Å²) in [6, 6.07) is 0. The van der Waals surface area contributed by atoms with Crippen LogP contribution in [0.3, 0.4) is 0 Å². The Kier molecular flexibility index (Phi) is 19.1. The van der Waals surface area contributed by atoms with Gasteiger partial charge in [0.05, 0.1) is 50.3 Å². The van der Waals surface area contributed by atoms with Crippen molar-refractivity contribution in [3.8, 4) is 0 Å². The zero-order valence-electron chi connectivity index (χ0n) is 46.1. The zero-order chi connectivity index (χ0) is 57.5. The van der Waals surface area contributed by atoms with Gasteiger partial charge in [-0.3, -0.25) is 0 Å². The highest BCUT2D eigenvalue weighted by molar-refractivity contribution is 5.32. The van der Waals surface area contributed by atoms with Crippen LogP contribution in [0.25, 0.3) is 0 Å². The van der Waals surface area contributed by atoms with E-state index in [0.717, 1.165) is 18.4 Å². The molecule has 0 aromatic heterocycles. The molecule has 16 N–H and O–H groups in total. The van der Waals surface area contributed by atoms with Crippen LogP contribution >= 0.6 is 0 Å². The number of aliphatic hydroxyl groups is 16. The summed E-state index contributed by atoms with van der Waals surface area (Å²) in [6.45, 7) is 13.6. The molecular weight excluding hydrogens is 1030 g/mol. The quantitative estimate of drug-likeness (QED) is 0.0637. The SMILES string of the molecule is C[C@H](CCC(O[C@@H]1O[C@H](CO)[C@@H](O)[C@H](O)[C@H]1O[C@@H]1O[C@H](CO)[C@@H](O)[C@H](O)[C@H]1O)C(C)(C)O)[C@H]1CC[C@@]2(C)C3CC=C4[C@@H](CC[C@H](O[C@@H]5O[C@H](CO[C@@H]6O[C@H](CO)[C@@H](O)[C@H](O)[C@H]6O)[C@@H](O)[C@H](O)[C@H]5O)C4(C)C)[C@]3(C)[C@H](O)C[C@]12C. The summed E-state index contributed by atoms with van der Waals surface area (Å²) >= 11 is 0. The maximum Gasteiger partial charge on any atom is 0.187 e. The van der Waals surface area contributed by atoms with Crippen LogP contribution in [0, 0.1) is 45.3 Å². The standard InChI is InChI=1S/C54H92O24/c1-22(9-13-33(51(4,5)70)77-49-45(41(66)36(61)28(20-57)74-49)78-48-44(69)39(64)35(60)27(19-56)73-48)23-15-16-52(6)30-12-10-24-25(54(30,8)31(58)17-53(23,52)7)11-14-32(50(24,2)3)76-47-43(68)40(65)37(62)29(75-47)21-71-46-42(67)38(63)34(59)26(18-55)72-46/h10,22-23,25-49,55-70H,9,11-21H2,1-8H3/t22-,23-,25-,26-,27-,28-,29-,30?,31-,32+,33?,34-,35-,36-,37-,38+,39+,40+,41+,42-,43-,44-,45-,46-,47+,48+,49+,52+,53-,54+/m1/s1. The van der Waals surface area contributed by atoms with Crippen molar-refractivity contribution in [3.63, 3.8) is 0 Å². The molecule has 452 valence electrons. The van der Waals surface area contributed by atoms with Crippen molar-refractivity contribution >= 4 is 0 Å². The molecule has 8 aliphatic rings. The molecule has 0 amide bonds. The van der Waals surface area contributed by atoms with Gasteiger partial charge in [-0.2, -0.15) is 0 Å². The number of aliphatic hydroxyl groups excluding tert-OH is 15. The molecular formula is C54H92O24. The van der Waals surface area contributed by atoms with Crippen LogP contribution in [-0.4, -0.2) is 255 Å². The molecule has 0 bridgehead atoms. The highest BCUT2D eigenvalue weighted by Gasteiger charge is 2.70. The molecule has 30 atom stereocenters. The fraction of sp³-hybridized carbons (Fsp3) is 0.963. The molecule has 8 rings (SSSR count). The fourth-order valence-electron chi connectivity index (χ4n) is 15.6. The number of hydrogen-bond donors (Lipinski definition) is 16. The Morgan fingerprint density at radius 2 is 1.09 bits per heavy atom. The molecule has 7 fully saturated rings. The monoisotopic (exact) mass is 1120 g/mol. The van der Waals surface area contributed by atoms with Crippen LogP contribution in [0.5, 0.6) is 0 Å². The van der Waals surface area contributed by atoms with Crippen LogP contribution in [0.15, 0.2) is 11.6 Å². The van der Waals surface area contributed by atoms with Gasteiger partial charge in [0, 0.05) is 10.8 Å². The van der Waals surface area contributed by atoms with E-state index in [0.29, 0.717) is 32.1 Å². The number of allylic oxidation sites excluding steroid dienone is 1. The molecule has 4 saturated heterocycles. The maximum absolute atomic E-state index is 12.7. The Labute approximate surface area is 455 Å². The van der Waals surface area contributed by atoms with Gasteiger partial charge in [0.25, 0.3) is 0 Å². The van der Waals surface area contributed by atoms with Gasteiger partial charge in [-0.1, -0.05) is 53.2 Å². The third-order valence-electron chi connectivity index (χ3n) is 20.8. The third kappa shape index (κ3) is 11.0. The first-order valence-electron chi connectivity index (χ1n) is 28.0. The number of fused-ring (bicyclic) bond motifs is 5. The number of ether oxygens (including phenoxy) is 8. The zero-order valence-corrected chi connectivity index (χ0v) is 46.1. The van der Waals surface area contributed by atoms with E-state index in [9.17, 15) is 81.7 Å². The highest BCUT2D eigenvalue weighted by atomic mass is 16.8. The van der Waals surface area contributed by atoms with Gasteiger partial charge < -0.3 is 120 Å². The lowest BCUT2D eigenvalue weighted by Gasteiger charge is -2.67. The topological polar surface area (TPSA) is 398 Å². The van der Waals surface area contributed by atoms with Gasteiger partial charge >= 0.3 is 0 Å². The Morgan fingerprint density at radius 1 is 0.590 bits per heavy atom. The van der Waals surface area contributed by atoms with E-state index in [2.05, 4.69) is 47.6 Å². The summed E-state index contributed by atoms with van der Waals surface area (Å²) < 4.78 is 47.5. The van der Waals surface area contributed by atoms with Crippen LogP contribution in [0.4, 0.5) is 0 Å². The average Bonchev–Trinajstić information content (AvgIpc) is 2.93. The smallest absolute Gasteiger partial charge is 0.187 e. The Morgan fingerprint density at radius 3 is 1.65 bits per heavy atom. The lowest BCUT2D eigenvalue weighted by molar-refractivity contribution is -0.375. The largest absolute Gasteiger partial charge is 0.394 e. The normalized spacial score (nSPS) is 51.4. The van der Waals surface area contributed by atoms with Gasteiger partial charge in [0.15, 0.2) is 25.2 Å². The fourth-order valence-corrected chi connectivity index (χ4v) is 15.6. The summed E-state index contributed by atoms with van der Waals surface area (Å²) in [5, 5.41) is 172. The predicted octanol–water partition coefficient (Wildman–Crippen LogP) is -3.23. The summed E-state index contributed by atoms with van der Waals surface area (Å²) in [5.74, 6) is 0.236. The van der Waals surface area contributed by atoms with E-state index in [4.69, 9.17) is 37.9 Å². The number of hydrogen-bond acceptors (Lipinski definition) is 24. The molecule has 0 aromatic rings. The second-order valence-electron chi connectivity index (χ2n) is 25.9. The summed E-state index contributed by atoms with van der Waals surface area (Å²) in [4.78, 5) is 0. The van der Waals surface area contributed by atoms with Crippen molar-refractivity contribution in [2.75, 3.05) is 26.4 Å². The molecule has 4 aliphatic heterocycles. The maximum atomic E-state index is 12.7. The minimum absolute atomic E-state index is 0.0338. The molecule has 24 nitrogen and oxygen atoms in total. The van der Waals surface area contributed by atoms with Crippen molar-refractivity contribution in [1.29, 1.82) is 0 Å².